The highest BCUT2D eigenvalue weighted by Crippen LogP contribution is 2.34. The highest BCUT2D eigenvalue weighted by atomic mass is 32.2. The van der Waals surface area contributed by atoms with E-state index in [-0.39, 0.29) is 22.6 Å². The summed E-state index contributed by atoms with van der Waals surface area (Å²) in [5.41, 5.74) is 2.34. The molecule has 7 heteroatoms. The molecule has 6 nitrogen and oxygen atoms in total. The zero-order valence-electron chi connectivity index (χ0n) is 14.8. The van der Waals surface area contributed by atoms with Crippen molar-refractivity contribution in [2.75, 3.05) is 9.62 Å². The molecule has 0 spiro atoms. The summed E-state index contributed by atoms with van der Waals surface area (Å²) in [7, 11) is -3.80. The van der Waals surface area contributed by atoms with Gasteiger partial charge < -0.3 is 4.90 Å². The summed E-state index contributed by atoms with van der Waals surface area (Å²) < 4.78 is 27.9. The second-order valence-corrected chi connectivity index (χ2v) is 8.16. The van der Waals surface area contributed by atoms with Crippen molar-refractivity contribution in [1.82, 2.24) is 0 Å². The number of nitrogens with zero attached hydrogens (tertiary/aromatic N) is 1. The molecule has 1 unspecified atom stereocenters. The van der Waals surface area contributed by atoms with Gasteiger partial charge in [0.2, 0.25) is 5.91 Å². The van der Waals surface area contributed by atoms with E-state index in [1.54, 1.807) is 35.2 Å². The smallest absolute Gasteiger partial charge is 0.261 e. The van der Waals surface area contributed by atoms with E-state index >= 15 is 0 Å². The SMILES string of the molecule is CC(=O)c1cccc(NS(=O)(=O)c2ccc3c(c2)CC(C)N3C(C)=O)c1. The van der Waals surface area contributed by atoms with E-state index in [1.165, 1.54) is 26.0 Å². The Bertz CT molecular complexity index is 998. The van der Waals surface area contributed by atoms with Gasteiger partial charge in [-0.2, -0.15) is 0 Å². The Kier molecular flexibility index (Phi) is 4.58. The largest absolute Gasteiger partial charge is 0.309 e. The highest BCUT2D eigenvalue weighted by molar-refractivity contribution is 7.92. The lowest BCUT2D eigenvalue weighted by atomic mass is 10.1. The molecule has 0 bridgehead atoms. The van der Waals surface area contributed by atoms with Crippen LogP contribution in [0.25, 0.3) is 0 Å². The van der Waals surface area contributed by atoms with Crippen molar-refractivity contribution in [3.05, 3.63) is 53.6 Å². The first-order valence-corrected chi connectivity index (χ1v) is 9.74. The van der Waals surface area contributed by atoms with Gasteiger partial charge in [0.15, 0.2) is 5.78 Å². The summed E-state index contributed by atoms with van der Waals surface area (Å²) in [6.45, 7) is 4.86. The molecule has 0 radical (unpaired) electrons. The van der Waals surface area contributed by atoms with Crippen LogP contribution in [-0.2, 0) is 21.2 Å². The van der Waals surface area contributed by atoms with Crippen molar-refractivity contribution in [2.24, 2.45) is 0 Å². The van der Waals surface area contributed by atoms with Crippen LogP contribution in [0.4, 0.5) is 11.4 Å². The van der Waals surface area contributed by atoms with Crippen LogP contribution in [-0.4, -0.2) is 26.2 Å². The molecule has 1 aliphatic heterocycles. The van der Waals surface area contributed by atoms with Gasteiger partial charge in [-0.1, -0.05) is 12.1 Å². The topological polar surface area (TPSA) is 83.6 Å². The molecule has 0 saturated heterocycles. The maximum Gasteiger partial charge on any atom is 0.261 e. The summed E-state index contributed by atoms with van der Waals surface area (Å²) in [5, 5.41) is 0. The molecule has 0 aromatic heterocycles. The van der Waals surface area contributed by atoms with Crippen molar-refractivity contribution >= 4 is 33.1 Å². The van der Waals surface area contributed by atoms with Crippen LogP contribution >= 0.6 is 0 Å². The molecular formula is C19H20N2O4S. The van der Waals surface area contributed by atoms with E-state index in [1.807, 2.05) is 6.92 Å². The van der Waals surface area contributed by atoms with E-state index < -0.39 is 10.0 Å². The number of carbonyl (C=O) groups excluding carboxylic acids is 2. The van der Waals surface area contributed by atoms with Crippen molar-refractivity contribution in [3.63, 3.8) is 0 Å². The predicted octanol–water partition coefficient (Wildman–Crippen LogP) is 2.99. The molecule has 26 heavy (non-hydrogen) atoms. The van der Waals surface area contributed by atoms with Crippen molar-refractivity contribution in [3.8, 4) is 0 Å². The monoisotopic (exact) mass is 372 g/mol. The fourth-order valence-electron chi connectivity index (χ4n) is 3.27. The van der Waals surface area contributed by atoms with Gasteiger partial charge in [0.1, 0.15) is 0 Å². The van der Waals surface area contributed by atoms with Crippen LogP contribution in [0.1, 0.15) is 36.7 Å². The Labute approximate surface area is 152 Å². The predicted molar refractivity (Wildman–Crippen MR) is 100 cm³/mol. The normalized spacial score (nSPS) is 16.3. The third-order valence-corrected chi connectivity index (χ3v) is 5.82. The van der Waals surface area contributed by atoms with Crippen LogP contribution in [0.15, 0.2) is 47.4 Å². The summed E-state index contributed by atoms with van der Waals surface area (Å²) in [6.07, 6.45) is 0.609. The van der Waals surface area contributed by atoms with Crippen LogP contribution in [0, 0.1) is 0 Å². The molecule has 2 aromatic carbocycles. The number of amides is 1. The average molecular weight is 372 g/mol. The number of carbonyl (C=O) groups is 2. The molecule has 2 aromatic rings. The first kappa shape index (κ1) is 18.1. The number of Topliss-reactive ketones (excluding diaryl/α,β-unsaturated/α-hetero) is 1. The van der Waals surface area contributed by atoms with Crippen LogP contribution in [0.2, 0.25) is 0 Å². The number of benzene rings is 2. The summed E-state index contributed by atoms with van der Waals surface area (Å²) >= 11 is 0. The molecule has 0 saturated carbocycles. The first-order chi connectivity index (χ1) is 12.2. The van der Waals surface area contributed by atoms with Gasteiger partial charge >= 0.3 is 0 Å². The molecular weight excluding hydrogens is 352 g/mol. The Morgan fingerprint density at radius 2 is 1.85 bits per heavy atom. The van der Waals surface area contributed by atoms with Gasteiger partial charge in [0, 0.05) is 29.9 Å². The number of hydrogen-bond donors (Lipinski definition) is 1. The molecule has 3 rings (SSSR count). The number of nitrogens with one attached hydrogen (secondary N) is 1. The van der Waals surface area contributed by atoms with Gasteiger partial charge in [-0.05, 0) is 56.2 Å². The molecule has 1 heterocycles. The van der Waals surface area contributed by atoms with E-state index in [2.05, 4.69) is 4.72 Å². The second-order valence-electron chi connectivity index (χ2n) is 6.48. The third-order valence-electron chi connectivity index (χ3n) is 4.44. The standard InChI is InChI=1S/C19H20N2O4S/c1-12-9-16-11-18(7-8-19(16)21(12)14(3)23)26(24,25)20-17-6-4-5-15(10-17)13(2)22/h4-8,10-12,20H,9H2,1-3H3. The summed E-state index contributed by atoms with van der Waals surface area (Å²) in [5.74, 6) is -0.201. The fourth-order valence-corrected chi connectivity index (χ4v) is 4.37. The van der Waals surface area contributed by atoms with Crippen molar-refractivity contribution < 1.29 is 18.0 Å². The van der Waals surface area contributed by atoms with Gasteiger partial charge in [0.05, 0.1) is 4.90 Å². The number of anilines is 2. The van der Waals surface area contributed by atoms with Crippen molar-refractivity contribution in [2.45, 2.75) is 38.1 Å². The Morgan fingerprint density at radius 1 is 1.12 bits per heavy atom. The minimum Gasteiger partial charge on any atom is -0.309 e. The third kappa shape index (κ3) is 3.35. The number of rotatable bonds is 4. The summed E-state index contributed by atoms with van der Waals surface area (Å²) in [4.78, 5) is 25.1. The minimum atomic E-state index is -3.80. The molecule has 136 valence electrons. The molecule has 1 amide bonds. The second kappa shape index (κ2) is 6.57. The molecule has 0 aliphatic carbocycles. The van der Waals surface area contributed by atoms with E-state index in [0.717, 1.165) is 11.3 Å². The quantitative estimate of drug-likeness (QED) is 0.837. The van der Waals surface area contributed by atoms with E-state index in [4.69, 9.17) is 0 Å². The lowest BCUT2D eigenvalue weighted by Gasteiger charge is -2.20. The Morgan fingerprint density at radius 3 is 2.50 bits per heavy atom. The van der Waals surface area contributed by atoms with Gasteiger partial charge in [-0.3, -0.25) is 14.3 Å². The fraction of sp³-hybridized carbons (Fsp3) is 0.263. The molecule has 0 fully saturated rings. The maximum absolute atomic E-state index is 12.7. The zero-order valence-corrected chi connectivity index (χ0v) is 15.6. The van der Waals surface area contributed by atoms with Gasteiger partial charge in [-0.25, -0.2) is 8.42 Å². The zero-order chi connectivity index (χ0) is 19.1. The average Bonchev–Trinajstić information content (AvgIpc) is 2.89. The molecule has 1 atom stereocenters. The number of sulfonamides is 1. The van der Waals surface area contributed by atoms with Crippen molar-refractivity contribution in [1.29, 1.82) is 0 Å². The Balaban J connectivity index is 1.92. The molecule has 1 N–H and O–H groups in total. The highest BCUT2D eigenvalue weighted by Gasteiger charge is 2.30. The Hall–Kier alpha value is -2.67. The number of ketones is 1. The lowest BCUT2D eigenvalue weighted by molar-refractivity contribution is -0.116. The van der Waals surface area contributed by atoms with Crippen LogP contribution in [0.3, 0.4) is 0 Å². The minimum absolute atomic E-state index is 0.000612. The molecule has 1 aliphatic rings. The number of fused-ring (bicyclic) bond motifs is 1. The maximum atomic E-state index is 12.7. The van der Waals surface area contributed by atoms with E-state index in [0.29, 0.717) is 17.7 Å². The lowest BCUT2D eigenvalue weighted by Crippen LogP contribution is -2.33. The van der Waals surface area contributed by atoms with Crippen LogP contribution < -0.4 is 9.62 Å². The number of hydrogen-bond acceptors (Lipinski definition) is 4. The van der Waals surface area contributed by atoms with Gasteiger partial charge in [0.25, 0.3) is 10.0 Å². The first-order valence-electron chi connectivity index (χ1n) is 8.25. The van der Waals surface area contributed by atoms with Gasteiger partial charge in [-0.15, -0.1) is 0 Å². The van der Waals surface area contributed by atoms with E-state index in [9.17, 15) is 18.0 Å². The summed E-state index contributed by atoms with van der Waals surface area (Å²) in [6, 6.07) is 11.1. The van der Waals surface area contributed by atoms with Crippen LogP contribution in [0.5, 0.6) is 0 Å².